The molecule has 0 saturated heterocycles. The van der Waals surface area contributed by atoms with Crippen LogP contribution in [0.1, 0.15) is 41.7 Å². The van der Waals surface area contributed by atoms with Crippen molar-refractivity contribution in [3.05, 3.63) is 52.0 Å². The summed E-state index contributed by atoms with van der Waals surface area (Å²) in [6.45, 7) is 5.26. The van der Waals surface area contributed by atoms with Gasteiger partial charge in [-0.1, -0.05) is 24.3 Å². The van der Waals surface area contributed by atoms with Crippen molar-refractivity contribution in [3.8, 4) is 0 Å². The molecule has 0 radical (unpaired) electrons. The fraction of sp³-hybridized carbons (Fsp3) is 0.333. The Morgan fingerprint density at radius 3 is 2.46 bits per heavy atom. The number of Topliss-reactive ketones (excluding diaryl/α,β-unsaturated/α-hetero) is 1. The Morgan fingerprint density at radius 1 is 1.31 bits per heavy atom. The van der Waals surface area contributed by atoms with Crippen LogP contribution in [0.2, 0.25) is 0 Å². The molecule has 0 aliphatic rings. The van der Waals surface area contributed by atoms with E-state index in [1.165, 1.54) is 11.3 Å². The number of aromatic nitrogens is 1. The number of hydrogen-bond donors (Lipinski definition) is 3. The van der Waals surface area contributed by atoms with Crippen LogP contribution in [-0.2, 0) is 11.2 Å². The third-order valence-electron chi connectivity index (χ3n) is 3.36. The molecule has 0 saturated carbocycles. The molecule has 2 aromatic rings. The highest BCUT2D eigenvalue weighted by Gasteiger charge is 2.27. The van der Waals surface area contributed by atoms with Crippen molar-refractivity contribution < 1.29 is 14.3 Å². The SMILES string of the molecule is CC(C)(C)OC(=O)N[C@@H](Cc1ccc(C(=N)N)cc1)C(=O)c1nccs1. The summed E-state index contributed by atoms with van der Waals surface area (Å²) in [6.07, 6.45) is 1.16. The summed E-state index contributed by atoms with van der Waals surface area (Å²) < 4.78 is 5.26. The molecule has 1 aromatic carbocycles. The zero-order valence-electron chi connectivity index (χ0n) is 14.9. The molecule has 1 heterocycles. The summed E-state index contributed by atoms with van der Waals surface area (Å²) in [4.78, 5) is 28.9. The topological polar surface area (TPSA) is 118 Å². The highest BCUT2D eigenvalue weighted by Crippen LogP contribution is 2.14. The van der Waals surface area contributed by atoms with Crippen LogP contribution in [0.25, 0.3) is 0 Å². The van der Waals surface area contributed by atoms with Gasteiger partial charge in [-0.2, -0.15) is 0 Å². The van der Waals surface area contributed by atoms with Crippen LogP contribution in [0.5, 0.6) is 0 Å². The Morgan fingerprint density at radius 2 is 1.96 bits per heavy atom. The molecule has 26 heavy (non-hydrogen) atoms. The van der Waals surface area contributed by atoms with Gasteiger partial charge in [0.15, 0.2) is 5.01 Å². The first kappa shape index (κ1) is 19.6. The van der Waals surface area contributed by atoms with Crippen LogP contribution in [-0.4, -0.2) is 34.3 Å². The van der Waals surface area contributed by atoms with Gasteiger partial charge >= 0.3 is 6.09 Å². The van der Waals surface area contributed by atoms with Gasteiger partial charge in [0.2, 0.25) is 5.78 Å². The number of nitrogens with one attached hydrogen (secondary N) is 2. The number of ketones is 1. The normalized spacial score (nSPS) is 12.3. The maximum Gasteiger partial charge on any atom is 0.408 e. The van der Waals surface area contributed by atoms with E-state index >= 15 is 0 Å². The van der Waals surface area contributed by atoms with E-state index in [-0.39, 0.29) is 18.0 Å². The largest absolute Gasteiger partial charge is 0.444 e. The number of ether oxygens (including phenoxy) is 1. The Bertz CT molecular complexity index is 780. The molecule has 0 unspecified atom stereocenters. The number of benzene rings is 1. The summed E-state index contributed by atoms with van der Waals surface area (Å²) in [7, 11) is 0. The first-order chi connectivity index (χ1) is 12.2. The highest BCUT2D eigenvalue weighted by atomic mass is 32.1. The Hall–Kier alpha value is -2.74. The average molecular weight is 374 g/mol. The van der Waals surface area contributed by atoms with Crippen molar-refractivity contribution >= 4 is 29.0 Å². The highest BCUT2D eigenvalue weighted by molar-refractivity contribution is 7.11. The first-order valence-electron chi connectivity index (χ1n) is 8.02. The molecule has 4 N–H and O–H groups in total. The number of nitrogen functional groups attached to an aromatic ring is 1. The van der Waals surface area contributed by atoms with Gasteiger partial charge in [-0.25, -0.2) is 9.78 Å². The Balaban J connectivity index is 2.18. The number of carbonyl (C=O) groups excluding carboxylic acids is 2. The van der Waals surface area contributed by atoms with Gasteiger partial charge in [0.05, 0.1) is 0 Å². The van der Waals surface area contributed by atoms with Crippen molar-refractivity contribution in [1.82, 2.24) is 10.3 Å². The number of amides is 1. The van der Waals surface area contributed by atoms with Crippen molar-refractivity contribution in [1.29, 1.82) is 5.41 Å². The zero-order valence-corrected chi connectivity index (χ0v) is 15.7. The second-order valence-electron chi connectivity index (χ2n) is 6.72. The number of nitrogens with zero attached hydrogens (tertiary/aromatic N) is 1. The molecule has 8 heteroatoms. The summed E-state index contributed by atoms with van der Waals surface area (Å²) in [6, 6.07) is 6.15. The molecular formula is C18H22N4O3S. The predicted molar refractivity (Wildman–Crippen MR) is 101 cm³/mol. The number of alkyl carbamates (subject to hydrolysis) is 1. The van der Waals surface area contributed by atoms with Gasteiger partial charge < -0.3 is 15.8 Å². The van der Waals surface area contributed by atoms with Crippen LogP contribution in [0.15, 0.2) is 35.8 Å². The standard InChI is InChI=1S/C18H22N4O3S/c1-18(2,3)25-17(24)22-13(14(23)16-21-8-9-26-16)10-11-4-6-12(7-5-11)15(19)20/h4-9,13H,10H2,1-3H3,(H3,19,20)(H,22,24)/t13-/m0/s1. The minimum atomic E-state index is -0.806. The quantitative estimate of drug-likeness (QED) is 0.408. The minimum Gasteiger partial charge on any atom is -0.444 e. The van der Waals surface area contributed by atoms with Crippen molar-refractivity contribution in [3.63, 3.8) is 0 Å². The lowest BCUT2D eigenvalue weighted by Gasteiger charge is -2.23. The lowest BCUT2D eigenvalue weighted by atomic mass is 10.0. The van der Waals surface area contributed by atoms with Gasteiger partial charge in [-0.15, -0.1) is 11.3 Å². The molecular weight excluding hydrogens is 352 g/mol. The maximum atomic E-state index is 12.7. The third kappa shape index (κ3) is 5.66. The van der Waals surface area contributed by atoms with Gasteiger partial charge in [0.1, 0.15) is 17.5 Å². The van der Waals surface area contributed by atoms with Crippen molar-refractivity contribution in [2.45, 2.75) is 38.8 Å². The van der Waals surface area contributed by atoms with E-state index in [0.717, 1.165) is 5.56 Å². The number of hydrogen-bond acceptors (Lipinski definition) is 6. The fourth-order valence-electron chi connectivity index (χ4n) is 2.21. The number of amidine groups is 1. The predicted octanol–water partition coefficient (Wildman–Crippen LogP) is 2.75. The van der Waals surface area contributed by atoms with Crippen LogP contribution in [0, 0.1) is 5.41 Å². The molecule has 138 valence electrons. The van der Waals surface area contributed by atoms with Gasteiger partial charge in [0, 0.05) is 23.6 Å². The van der Waals surface area contributed by atoms with Crippen LogP contribution >= 0.6 is 11.3 Å². The van der Waals surface area contributed by atoms with E-state index in [9.17, 15) is 9.59 Å². The summed E-state index contributed by atoms with van der Waals surface area (Å²) in [5.74, 6) is -0.305. The molecule has 1 atom stereocenters. The smallest absolute Gasteiger partial charge is 0.408 e. The average Bonchev–Trinajstić information content (AvgIpc) is 3.06. The molecule has 1 amide bonds. The number of nitrogens with two attached hydrogens (primary N) is 1. The second kappa shape index (κ2) is 8.09. The monoisotopic (exact) mass is 374 g/mol. The maximum absolute atomic E-state index is 12.7. The Labute approximate surface area is 156 Å². The lowest BCUT2D eigenvalue weighted by Crippen LogP contribution is -2.44. The van der Waals surface area contributed by atoms with Crippen LogP contribution in [0.3, 0.4) is 0 Å². The molecule has 1 aromatic heterocycles. The fourth-order valence-corrected chi connectivity index (χ4v) is 2.84. The molecule has 0 aliphatic carbocycles. The van der Waals surface area contributed by atoms with Crippen molar-refractivity contribution in [2.75, 3.05) is 0 Å². The first-order valence-corrected chi connectivity index (χ1v) is 8.90. The van der Waals surface area contributed by atoms with E-state index in [1.807, 2.05) is 0 Å². The summed E-state index contributed by atoms with van der Waals surface area (Å²) in [5, 5.41) is 12.1. The molecule has 0 aliphatic heterocycles. The summed E-state index contributed by atoms with van der Waals surface area (Å²) >= 11 is 1.22. The number of carbonyl (C=O) groups is 2. The van der Waals surface area contributed by atoms with Gasteiger partial charge in [-0.3, -0.25) is 10.2 Å². The van der Waals surface area contributed by atoms with Crippen LogP contribution in [0.4, 0.5) is 4.79 Å². The molecule has 7 nitrogen and oxygen atoms in total. The second-order valence-corrected chi connectivity index (χ2v) is 7.61. The van der Waals surface area contributed by atoms with Crippen LogP contribution < -0.4 is 11.1 Å². The summed E-state index contributed by atoms with van der Waals surface area (Å²) in [5.41, 5.74) is 6.20. The minimum absolute atomic E-state index is 0.0289. The molecule has 0 bridgehead atoms. The van der Waals surface area contributed by atoms with E-state index < -0.39 is 17.7 Å². The third-order valence-corrected chi connectivity index (χ3v) is 4.14. The van der Waals surface area contributed by atoms with E-state index in [2.05, 4.69) is 10.3 Å². The molecule has 0 fully saturated rings. The zero-order chi connectivity index (χ0) is 19.3. The van der Waals surface area contributed by atoms with E-state index in [0.29, 0.717) is 10.6 Å². The van der Waals surface area contributed by atoms with E-state index in [4.69, 9.17) is 15.9 Å². The molecule has 0 spiro atoms. The number of thiazole rings is 1. The van der Waals surface area contributed by atoms with E-state index in [1.54, 1.807) is 56.6 Å². The molecule has 2 rings (SSSR count). The van der Waals surface area contributed by atoms with Gasteiger partial charge in [0.25, 0.3) is 0 Å². The lowest BCUT2D eigenvalue weighted by molar-refractivity contribution is 0.0491. The van der Waals surface area contributed by atoms with Gasteiger partial charge in [-0.05, 0) is 26.3 Å². The van der Waals surface area contributed by atoms with Crippen molar-refractivity contribution in [2.24, 2.45) is 5.73 Å². The number of rotatable bonds is 6. The Kier molecular flexibility index (Phi) is 6.10.